The number of ether oxygens (including phenoxy) is 2. The van der Waals surface area contributed by atoms with Gasteiger partial charge in [-0.2, -0.15) is 0 Å². The fourth-order valence-corrected chi connectivity index (χ4v) is 3.29. The van der Waals surface area contributed by atoms with Crippen LogP contribution in [0.2, 0.25) is 0 Å². The van der Waals surface area contributed by atoms with E-state index in [1.165, 1.54) is 11.3 Å². The van der Waals surface area contributed by atoms with E-state index in [2.05, 4.69) is 15.5 Å². The number of hydrogen-bond donors (Lipinski definition) is 2. The Bertz CT molecular complexity index is 719. The summed E-state index contributed by atoms with van der Waals surface area (Å²) in [6.07, 6.45) is 1.65. The van der Waals surface area contributed by atoms with E-state index in [0.29, 0.717) is 37.6 Å². The van der Waals surface area contributed by atoms with Crippen molar-refractivity contribution in [2.45, 2.75) is 24.8 Å². The van der Waals surface area contributed by atoms with Gasteiger partial charge in [0.2, 0.25) is 11.0 Å². The average Bonchev–Trinajstić information content (AvgIpc) is 3.02. The molecule has 9 heteroatoms. The minimum atomic E-state index is -0.892. The van der Waals surface area contributed by atoms with Gasteiger partial charge in [-0.3, -0.25) is 10.1 Å². The van der Waals surface area contributed by atoms with Crippen LogP contribution in [0.5, 0.6) is 5.75 Å². The van der Waals surface area contributed by atoms with Gasteiger partial charge in [-0.1, -0.05) is 23.5 Å². The predicted molar refractivity (Wildman–Crippen MR) is 98.6 cm³/mol. The van der Waals surface area contributed by atoms with Crippen LogP contribution in [0.25, 0.3) is 0 Å². The van der Waals surface area contributed by atoms with Crippen molar-refractivity contribution < 1.29 is 14.3 Å². The lowest BCUT2D eigenvalue weighted by molar-refractivity contribution is -0.124. The third-order valence-corrected chi connectivity index (χ3v) is 4.85. The Balaban J connectivity index is 0.00000225. The van der Waals surface area contributed by atoms with Gasteiger partial charge in [0.25, 0.3) is 0 Å². The topological polar surface area (TPSA) is 99.4 Å². The summed E-state index contributed by atoms with van der Waals surface area (Å²) in [5.74, 6) is 0.574. The monoisotopic (exact) mass is 384 g/mol. The molecular formula is C16H21ClN4O3S. The summed E-state index contributed by atoms with van der Waals surface area (Å²) in [6, 6.07) is 7.78. The van der Waals surface area contributed by atoms with Crippen LogP contribution in [-0.2, 0) is 16.0 Å². The second-order valence-electron chi connectivity index (χ2n) is 5.75. The summed E-state index contributed by atoms with van der Waals surface area (Å²) >= 11 is 1.35. The Morgan fingerprint density at radius 2 is 2.16 bits per heavy atom. The molecule has 0 radical (unpaired) electrons. The highest BCUT2D eigenvalue weighted by Crippen LogP contribution is 2.24. The van der Waals surface area contributed by atoms with E-state index in [1.54, 1.807) is 7.11 Å². The standard InChI is InChI=1S/C16H20N4O3S.ClH/c1-22-12-4-2-3-11(9-12)10-13-19-20-15(24-13)18-14(21)16(17)5-7-23-8-6-16;/h2-4,9H,5-8,10,17H2,1H3,(H,18,20,21);1H. The second kappa shape index (κ2) is 8.57. The van der Waals surface area contributed by atoms with Crippen LogP contribution < -0.4 is 15.8 Å². The molecule has 7 nitrogen and oxygen atoms in total. The van der Waals surface area contributed by atoms with Crippen molar-refractivity contribution in [2.75, 3.05) is 25.6 Å². The number of nitrogens with one attached hydrogen (secondary N) is 1. The van der Waals surface area contributed by atoms with Crippen LogP contribution in [0, 0.1) is 0 Å². The van der Waals surface area contributed by atoms with Gasteiger partial charge >= 0.3 is 0 Å². The summed E-state index contributed by atoms with van der Waals surface area (Å²) in [6.45, 7) is 1.00. The molecule has 0 atom stereocenters. The van der Waals surface area contributed by atoms with E-state index in [0.717, 1.165) is 16.3 Å². The van der Waals surface area contributed by atoms with E-state index in [-0.39, 0.29) is 18.3 Å². The molecule has 25 heavy (non-hydrogen) atoms. The van der Waals surface area contributed by atoms with Crippen molar-refractivity contribution in [1.29, 1.82) is 0 Å². The molecule has 0 saturated carbocycles. The fraction of sp³-hybridized carbons (Fsp3) is 0.438. The Kier molecular flexibility index (Phi) is 6.71. The van der Waals surface area contributed by atoms with E-state index < -0.39 is 5.54 Å². The summed E-state index contributed by atoms with van der Waals surface area (Å²) in [5, 5.41) is 12.2. The van der Waals surface area contributed by atoms with Crippen molar-refractivity contribution in [3.8, 4) is 5.75 Å². The third kappa shape index (κ3) is 4.88. The molecule has 2 heterocycles. The van der Waals surface area contributed by atoms with Crippen LogP contribution >= 0.6 is 23.7 Å². The predicted octanol–water partition coefficient (Wildman–Crippen LogP) is 2.01. The lowest BCUT2D eigenvalue weighted by Crippen LogP contribution is -2.54. The van der Waals surface area contributed by atoms with Crippen LogP contribution in [0.15, 0.2) is 24.3 Å². The van der Waals surface area contributed by atoms with Crippen LogP contribution in [0.4, 0.5) is 5.13 Å². The van der Waals surface area contributed by atoms with Gasteiger partial charge in [-0.25, -0.2) is 0 Å². The van der Waals surface area contributed by atoms with E-state index in [1.807, 2.05) is 24.3 Å². The quantitative estimate of drug-likeness (QED) is 0.818. The number of nitrogens with two attached hydrogens (primary N) is 1. The van der Waals surface area contributed by atoms with Gasteiger partial charge in [0, 0.05) is 19.6 Å². The largest absolute Gasteiger partial charge is 0.497 e. The zero-order valence-electron chi connectivity index (χ0n) is 13.9. The fourth-order valence-electron chi connectivity index (χ4n) is 2.52. The molecule has 3 N–H and O–H groups in total. The summed E-state index contributed by atoms with van der Waals surface area (Å²) in [7, 11) is 1.64. The van der Waals surface area contributed by atoms with Crippen LogP contribution in [0.1, 0.15) is 23.4 Å². The molecule has 136 valence electrons. The van der Waals surface area contributed by atoms with Crippen molar-refractivity contribution in [2.24, 2.45) is 5.73 Å². The number of hydrogen-bond acceptors (Lipinski definition) is 7. The number of nitrogens with zero attached hydrogens (tertiary/aromatic N) is 2. The Morgan fingerprint density at radius 1 is 1.40 bits per heavy atom. The average molecular weight is 385 g/mol. The molecule has 1 fully saturated rings. The Morgan fingerprint density at radius 3 is 2.88 bits per heavy atom. The summed E-state index contributed by atoms with van der Waals surface area (Å²) < 4.78 is 10.5. The van der Waals surface area contributed by atoms with Gasteiger partial charge < -0.3 is 15.2 Å². The molecule has 0 bridgehead atoms. The lowest BCUT2D eigenvalue weighted by atomic mass is 9.90. The smallest absolute Gasteiger partial charge is 0.246 e. The maximum Gasteiger partial charge on any atom is 0.246 e. The second-order valence-corrected chi connectivity index (χ2v) is 6.81. The number of anilines is 1. The number of carbonyl (C=O) groups is 1. The first-order chi connectivity index (χ1) is 11.6. The third-order valence-electron chi connectivity index (χ3n) is 4.01. The van der Waals surface area contributed by atoms with Crippen molar-refractivity contribution in [3.05, 3.63) is 34.8 Å². The maximum atomic E-state index is 12.4. The van der Waals surface area contributed by atoms with Crippen molar-refractivity contribution in [1.82, 2.24) is 10.2 Å². The number of amides is 1. The number of halogens is 1. The number of benzene rings is 1. The first-order valence-corrected chi connectivity index (χ1v) is 8.54. The number of aromatic nitrogens is 2. The number of methoxy groups -OCH3 is 1. The molecule has 1 amide bonds. The molecular weight excluding hydrogens is 364 g/mol. The molecule has 2 aromatic rings. The summed E-state index contributed by atoms with van der Waals surface area (Å²) in [4.78, 5) is 12.4. The van der Waals surface area contributed by atoms with Gasteiger partial charge in [-0.15, -0.1) is 22.6 Å². The molecule has 1 aromatic carbocycles. The van der Waals surface area contributed by atoms with E-state index >= 15 is 0 Å². The molecule has 1 aliphatic heterocycles. The molecule has 0 unspecified atom stereocenters. The van der Waals surface area contributed by atoms with Crippen molar-refractivity contribution in [3.63, 3.8) is 0 Å². The highest BCUT2D eigenvalue weighted by atomic mass is 35.5. The minimum Gasteiger partial charge on any atom is -0.497 e. The normalized spacial score (nSPS) is 15.9. The zero-order chi connectivity index (χ0) is 17.0. The van der Waals surface area contributed by atoms with Gasteiger partial charge in [0.1, 0.15) is 16.3 Å². The first kappa shape index (κ1) is 19.6. The number of carbonyl (C=O) groups excluding carboxylic acids is 1. The molecule has 1 aliphatic rings. The number of rotatable bonds is 5. The zero-order valence-corrected chi connectivity index (χ0v) is 15.5. The van der Waals surface area contributed by atoms with Crippen LogP contribution in [-0.4, -0.2) is 42.0 Å². The Labute approximate surface area is 156 Å². The minimum absolute atomic E-state index is 0. The molecule has 1 saturated heterocycles. The molecule has 0 aliphatic carbocycles. The van der Waals surface area contributed by atoms with E-state index in [4.69, 9.17) is 15.2 Å². The molecule has 3 rings (SSSR count). The Hall–Kier alpha value is -1.74. The van der Waals surface area contributed by atoms with Gasteiger partial charge in [0.05, 0.1) is 7.11 Å². The highest BCUT2D eigenvalue weighted by molar-refractivity contribution is 7.15. The van der Waals surface area contributed by atoms with Gasteiger partial charge in [0.15, 0.2) is 0 Å². The molecule has 1 aromatic heterocycles. The first-order valence-electron chi connectivity index (χ1n) is 7.72. The molecule has 0 spiro atoms. The lowest BCUT2D eigenvalue weighted by Gasteiger charge is -2.31. The van der Waals surface area contributed by atoms with E-state index in [9.17, 15) is 4.79 Å². The SMILES string of the molecule is COc1cccc(Cc2nnc(NC(=O)C3(N)CCOCC3)s2)c1.Cl. The van der Waals surface area contributed by atoms with Gasteiger partial charge in [-0.05, 0) is 30.5 Å². The maximum absolute atomic E-state index is 12.4. The summed E-state index contributed by atoms with van der Waals surface area (Å²) in [5.41, 5.74) is 6.34. The highest BCUT2D eigenvalue weighted by Gasteiger charge is 2.36. The van der Waals surface area contributed by atoms with Crippen molar-refractivity contribution >= 4 is 34.8 Å². The van der Waals surface area contributed by atoms with Crippen LogP contribution in [0.3, 0.4) is 0 Å².